The van der Waals surface area contributed by atoms with Crippen molar-refractivity contribution in [2.45, 2.75) is 53.1 Å². The lowest BCUT2D eigenvalue weighted by molar-refractivity contribution is -0.164. The van der Waals surface area contributed by atoms with Crippen molar-refractivity contribution in [2.24, 2.45) is 5.92 Å². The Morgan fingerprint density at radius 3 is 2.10 bits per heavy atom. The number of hydrogen-bond donors (Lipinski definition) is 0. The quantitative estimate of drug-likeness (QED) is 0.687. The predicted octanol–water partition coefficient (Wildman–Crippen LogP) is 1.04. The minimum Gasteiger partial charge on any atom is -0.464 e. The third kappa shape index (κ3) is 3.95. The first-order valence-electron chi connectivity index (χ1n) is 7.58. The van der Waals surface area contributed by atoms with Crippen LogP contribution >= 0.6 is 0 Å². The number of piperazine rings is 1. The van der Waals surface area contributed by atoms with E-state index >= 15 is 0 Å². The van der Waals surface area contributed by atoms with Gasteiger partial charge >= 0.3 is 5.97 Å². The van der Waals surface area contributed by atoms with Gasteiger partial charge in [0, 0.05) is 6.04 Å². The molecule has 1 heterocycles. The van der Waals surface area contributed by atoms with Crippen molar-refractivity contribution >= 4 is 17.8 Å². The number of hydrogen-bond acceptors (Lipinski definition) is 4. The first-order chi connectivity index (χ1) is 9.83. The molecule has 1 rings (SSSR count). The van der Waals surface area contributed by atoms with E-state index in [1.165, 1.54) is 4.90 Å². The van der Waals surface area contributed by atoms with Gasteiger partial charge in [-0.25, -0.2) is 4.79 Å². The number of nitrogens with zero attached hydrogens (tertiary/aromatic N) is 2. The molecule has 0 aromatic heterocycles. The van der Waals surface area contributed by atoms with Gasteiger partial charge in [-0.3, -0.25) is 9.59 Å². The summed E-state index contributed by atoms with van der Waals surface area (Å²) >= 11 is 0. The van der Waals surface area contributed by atoms with Crippen LogP contribution in [0, 0.1) is 5.92 Å². The Balaban J connectivity index is 2.90. The molecule has 0 saturated carbocycles. The van der Waals surface area contributed by atoms with Crippen molar-refractivity contribution in [1.29, 1.82) is 0 Å². The summed E-state index contributed by atoms with van der Waals surface area (Å²) in [6.45, 7) is 9.57. The van der Waals surface area contributed by atoms with Gasteiger partial charge in [-0.2, -0.15) is 0 Å². The van der Waals surface area contributed by atoms with Crippen LogP contribution in [-0.2, 0) is 19.1 Å². The molecule has 0 aromatic carbocycles. The van der Waals surface area contributed by atoms with Crippen LogP contribution in [-0.4, -0.2) is 59.4 Å². The molecule has 0 spiro atoms. The van der Waals surface area contributed by atoms with Crippen LogP contribution in [0.25, 0.3) is 0 Å². The lowest BCUT2D eigenvalue weighted by atomic mass is 10.0. The topological polar surface area (TPSA) is 66.9 Å². The van der Waals surface area contributed by atoms with Crippen LogP contribution in [0.3, 0.4) is 0 Å². The molecule has 0 unspecified atom stereocenters. The van der Waals surface area contributed by atoms with E-state index in [1.54, 1.807) is 11.8 Å². The van der Waals surface area contributed by atoms with Gasteiger partial charge in [-0.05, 0) is 26.2 Å². The maximum atomic E-state index is 12.3. The molecule has 2 amide bonds. The molecule has 0 radical (unpaired) electrons. The Bertz CT molecular complexity index is 408. The predicted molar refractivity (Wildman–Crippen MR) is 78.4 cm³/mol. The van der Waals surface area contributed by atoms with Crippen LogP contribution in [0.4, 0.5) is 0 Å². The lowest BCUT2D eigenvalue weighted by Gasteiger charge is -2.40. The summed E-state index contributed by atoms with van der Waals surface area (Å²) in [4.78, 5) is 39.6. The van der Waals surface area contributed by atoms with E-state index in [4.69, 9.17) is 4.74 Å². The summed E-state index contributed by atoms with van der Waals surface area (Å²) in [7, 11) is 0. The average Bonchev–Trinajstić information content (AvgIpc) is 2.41. The van der Waals surface area contributed by atoms with Gasteiger partial charge < -0.3 is 14.5 Å². The number of amides is 2. The molecule has 1 aliphatic rings. The molecular formula is C15H26N2O4. The summed E-state index contributed by atoms with van der Waals surface area (Å²) < 4.78 is 5.04. The molecular weight excluding hydrogens is 272 g/mol. The van der Waals surface area contributed by atoms with Crippen LogP contribution in [0.15, 0.2) is 0 Å². The molecule has 21 heavy (non-hydrogen) atoms. The van der Waals surface area contributed by atoms with E-state index in [9.17, 15) is 14.4 Å². The Kier molecular flexibility index (Phi) is 6.18. The van der Waals surface area contributed by atoms with Crippen molar-refractivity contribution in [1.82, 2.24) is 9.80 Å². The summed E-state index contributed by atoms with van der Waals surface area (Å²) in [5.74, 6) is -0.845. The molecule has 0 bridgehead atoms. The standard InChI is InChI=1S/C15H26N2O4/c1-6-11(5)16-8-13(19)17(9-12(16)18)14(10(3)4)15(20)21-7-2/h10-11,14H,6-9H2,1-5H3/t11-,14-/m0/s1. The molecule has 0 N–H and O–H groups in total. The third-order valence-electron chi connectivity index (χ3n) is 3.87. The Hall–Kier alpha value is -1.59. The Morgan fingerprint density at radius 2 is 1.62 bits per heavy atom. The second kappa shape index (κ2) is 7.43. The van der Waals surface area contributed by atoms with E-state index < -0.39 is 12.0 Å². The molecule has 120 valence electrons. The minimum atomic E-state index is -0.694. The molecule has 1 aliphatic heterocycles. The van der Waals surface area contributed by atoms with Crippen LogP contribution in [0.1, 0.15) is 41.0 Å². The van der Waals surface area contributed by atoms with Crippen molar-refractivity contribution in [3.8, 4) is 0 Å². The number of carbonyl (C=O) groups excluding carboxylic acids is 3. The molecule has 6 nitrogen and oxygen atoms in total. The average molecular weight is 298 g/mol. The second-order valence-corrected chi connectivity index (χ2v) is 5.74. The van der Waals surface area contributed by atoms with Crippen LogP contribution in [0.5, 0.6) is 0 Å². The molecule has 0 aromatic rings. The van der Waals surface area contributed by atoms with Gasteiger partial charge in [0.25, 0.3) is 0 Å². The molecule has 6 heteroatoms. The number of rotatable bonds is 6. The van der Waals surface area contributed by atoms with Gasteiger partial charge in [0.05, 0.1) is 6.61 Å². The largest absolute Gasteiger partial charge is 0.464 e. The molecule has 0 aliphatic carbocycles. The summed E-state index contributed by atoms with van der Waals surface area (Å²) in [5.41, 5.74) is 0. The van der Waals surface area contributed by atoms with Crippen molar-refractivity contribution in [3.05, 3.63) is 0 Å². The fourth-order valence-corrected chi connectivity index (χ4v) is 2.51. The number of ether oxygens (including phenoxy) is 1. The first-order valence-corrected chi connectivity index (χ1v) is 7.58. The highest BCUT2D eigenvalue weighted by molar-refractivity contribution is 5.95. The maximum Gasteiger partial charge on any atom is 0.329 e. The van der Waals surface area contributed by atoms with E-state index in [1.807, 2.05) is 27.7 Å². The molecule has 1 fully saturated rings. The highest BCUT2D eigenvalue weighted by Crippen LogP contribution is 2.19. The Labute approximate surface area is 126 Å². The van der Waals surface area contributed by atoms with Gasteiger partial charge in [0.2, 0.25) is 11.8 Å². The lowest BCUT2D eigenvalue weighted by Crippen LogP contribution is -2.61. The van der Waals surface area contributed by atoms with E-state index in [0.717, 1.165) is 6.42 Å². The fraction of sp³-hybridized carbons (Fsp3) is 0.800. The maximum absolute atomic E-state index is 12.3. The SMILES string of the molecule is CCOC(=O)[C@H](C(C)C)N1CC(=O)N([C@@H](C)CC)CC1=O. The number of esters is 1. The highest BCUT2D eigenvalue weighted by Gasteiger charge is 2.40. The van der Waals surface area contributed by atoms with Gasteiger partial charge in [-0.15, -0.1) is 0 Å². The van der Waals surface area contributed by atoms with Gasteiger partial charge in [-0.1, -0.05) is 20.8 Å². The van der Waals surface area contributed by atoms with E-state index in [2.05, 4.69) is 0 Å². The van der Waals surface area contributed by atoms with Gasteiger partial charge in [0.15, 0.2) is 0 Å². The zero-order valence-corrected chi connectivity index (χ0v) is 13.6. The second-order valence-electron chi connectivity index (χ2n) is 5.74. The fourth-order valence-electron chi connectivity index (χ4n) is 2.51. The molecule has 2 atom stereocenters. The Morgan fingerprint density at radius 1 is 1.10 bits per heavy atom. The summed E-state index contributed by atoms with van der Waals surface area (Å²) in [5, 5.41) is 0. The highest BCUT2D eigenvalue weighted by atomic mass is 16.5. The third-order valence-corrected chi connectivity index (χ3v) is 3.87. The zero-order valence-electron chi connectivity index (χ0n) is 13.6. The zero-order chi connectivity index (χ0) is 16.2. The summed E-state index contributed by atoms with van der Waals surface area (Å²) in [6, 6.07) is -0.663. The van der Waals surface area contributed by atoms with Crippen LogP contribution in [0.2, 0.25) is 0 Å². The van der Waals surface area contributed by atoms with Crippen molar-refractivity contribution in [3.63, 3.8) is 0 Å². The smallest absolute Gasteiger partial charge is 0.329 e. The van der Waals surface area contributed by atoms with E-state index in [0.29, 0.717) is 0 Å². The first kappa shape index (κ1) is 17.5. The van der Waals surface area contributed by atoms with Gasteiger partial charge in [0.1, 0.15) is 19.1 Å². The van der Waals surface area contributed by atoms with E-state index in [-0.39, 0.29) is 43.5 Å². The van der Waals surface area contributed by atoms with Crippen LogP contribution < -0.4 is 0 Å². The minimum absolute atomic E-state index is 0.0312. The van der Waals surface area contributed by atoms with Crippen molar-refractivity contribution < 1.29 is 19.1 Å². The normalized spacial score (nSPS) is 19.0. The number of carbonyl (C=O) groups is 3. The summed E-state index contributed by atoms with van der Waals surface area (Å²) in [6.07, 6.45) is 0.796. The molecule has 1 saturated heterocycles. The monoisotopic (exact) mass is 298 g/mol. The van der Waals surface area contributed by atoms with Crippen molar-refractivity contribution in [2.75, 3.05) is 19.7 Å².